The number of amides is 1. The molecule has 114 valence electrons. The Labute approximate surface area is 138 Å². The van der Waals surface area contributed by atoms with Crippen molar-refractivity contribution in [2.24, 2.45) is 0 Å². The molecule has 2 heterocycles. The van der Waals surface area contributed by atoms with Crippen molar-refractivity contribution in [3.05, 3.63) is 33.3 Å². The van der Waals surface area contributed by atoms with Crippen LogP contribution < -0.4 is 5.32 Å². The molecule has 6 heteroatoms. The van der Waals surface area contributed by atoms with E-state index in [1.165, 1.54) is 0 Å². The lowest BCUT2D eigenvalue weighted by molar-refractivity contribution is 0.0773. The molecule has 0 saturated carbocycles. The average molecular weight is 373 g/mol. The van der Waals surface area contributed by atoms with Crippen LogP contribution in [0.2, 0.25) is 5.02 Å². The zero-order valence-electron chi connectivity index (χ0n) is 11.8. The maximum Gasteiger partial charge on any atom is 0.253 e. The van der Waals surface area contributed by atoms with Crippen molar-refractivity contribution >= 4 is 33.4 Å². The Morgan fingerprint density at radius 1 is 1.29 bits per heavy atom. The number of likely N-dealkylation sites (tertiary alicyclic amines) is 1. The van der Waals surface area contributed by atoms with Gasteiger partial charge in [-0.25, -0.2) is 0 Å². The molecule has 21 heavy (non-hydrogen) atoms. The van der Waals surface area contributed by atoms with Gasteiger partial charge in [0.1, 0.15) is 0 Å². The summed E-state index contributed by atoms with van der Waals surface area (Å²) in [6.07, 6.45) is 1.07. The van der Waals surface area contributed by atoms with Crippen LogP contribution in [0.3, 0.4) is 0 Å². The molecule has 2 aliphatic rings. The number of carbonyl (C=O) groups is 1. The minimum Gasteiger partial charge on any atom is -0.337 e. The minimum absolute atomic E-state index is 0.102. The summed E-state index contributed by atoms with van der Waals surface area (Å²) in [6, 6.07) is 5.88. The average Bonchev–Trinajstić information content (AvgIpc) is 3.00. The van der Waals surface area contributed by atoms with Crippen molar-refractivity contribution in [3.63, 3.8) is 0 Å². The summed E-state index contributed by atoms with van der Waals surface area (Å²) in [5.74, 6) is 0.102. The van der Waals surface area contributed by atoms with E-state index in [0.717, 1.165) is 50.2 Å². The second kappa shape index (κ2) is 6.65. The molecule has 0 aromatic heterocycles. The lowest BCUT2D eigenvalue weighted by atomic mass is 10.2. The highest BCUT2D eigenvalue weighted by atomic mass is 79.9. The molecule has 1 unspecified atom stereocenters. The maximum absolute atomic E-state index is 12.6. The second-order valence-corrected chi connectivity index (χ2v) is 6.87. The molecule has 1 amide bonds. The van der Waals surface area contributed by atoms with Crippen molar-refractivity contribution < 1.29 is 4.79 Å². The van der Waals surface area contributed by atoms with Crippen LogP contribution in [0.5, 0.6) is 0 Å². The van der Waals surface area contributed by atoms with Crippen LogP contribution in [-0.4, -0.2) is 61.0 Å². The van der Waals surface area contributed by atoms with E-state index < -0.39 is 0 Å². The quantitative estimate of drug-likeness (QED) is 0.865. The summed E-state index contributed by atoms with van der Waals surface area (Å²) in [5.41, 5.74) is 0.701. The van der Waals surface area contributed by atoms with E-state index in [1.54, 1.807) is 12.1 Å². The smallest absolute Gasteiger partial charge is 0.253 e. The summed E-state index contributed by atoms with van der Waals surface area (Å²) in [4.78, 5) is 17.0. The number of halogens is 2. The number of rotatable bonds is 2. The van der Waals surface area contributed by atoms with E-state index >= 15 is 0 Å². The highest BCUT2D eigenvalue weighted by Gasteiger charge is 2.31. The van der Waals surface area contributed by atoms with Crippen LogP contribution in [0.25, 0.3) is 0 Å². The van der Waals surface area contributed by atoms with E-state index in [1.807, 2.05) is 11.0 Å². The van der Waals surface area contributed by atoms with Gasteiger partial charge >= 0.3 is 0 Å². The molecule has 3 rings (SSSR count). The molecule has 4 nitrogen and oxygen atoms in total. The third kappa shape index (κ3) is 3.42. The Bertz CT molecular complexity index is 534. The largest absolute Gasteiger partial charge is 0.337 e. The van der Waals surface area contributed by atoms with E-state index in [2.05, 4.69) is 26.1 Å². The van der Waals surface area contributed by atoms with Crippen LogP contribution in [-0.2, 0) is 0 Å². The first-order valence-corrected chi connectivity index (χ1v) is 8.51. The second-order valence-electron chi connectivity index (χ2n) is 5.61. The van der Waals surface area contributed by atoms with Gasteiger partial charge in [-0.1, -0.05) is 11.6 Å². The van der Waals surface area contributed by atoms with Gasteiger partial charge in [0.05, 0.1) is 5.02 Å². The highest BCUT2D eigenvalue weighted by molar-refractivity contribution is 9.10. The number of piperazine rings is 1. The highest BCUT2D eigenvalue weighted by Crippen LogP contribution is 2.25. The van der Waals surface area contributed by atoms with Gasteiger partial charge in [0.2, 0.25) is 0 Å². The lowest BCUT2D eigenvalue weighted by Gasteiger charge is -2.32. The molecule has 1 aromatic carbocycles. The van der Waals surface area contributed by atoms with Crippen LogP contribution in [0, 0.1) is 0 Å². The maximum atomic E-state index is 12.6. The standard InChI is InChI=1S/C15H19BrClN3O/c16-13-9-11(1-2-14(13)17)15(21)20-6-3-12(10-20)19-7-4-18-5-8-19/h1-2,9,12,18H,3-8,10H2. The summed E-state index contributed by atoms with van der Waals surface area (Å²) >= 11 is 9.36. The van der Waals surface area contributed by atoms with Gasteiger partial charge in [0.15, 0.2) is 0 Å². The predicted molar refractivity (Wildman–Crippen MR) is 87.9 cm³/mol. The van der Waals surface area contributed by atoms with Gasteiger partial charge in [-0.3, -0.25) is 9.69 Å². The molecule has 2 aliphatic heterocycles. The van der Waals surface area contributed by atoms with Gasteiger partial charge in [-0.15, -0.1) is 0 Å². The number of hydrogen-bond donors (Lipinski definition) is 1. The minimum atomic E-state index is 0.102. The van der Waals surface area contributed by atoms with E-state index in [9.17, 15) is 4.79 Å². The first kappa shape index (κ1) is 15.3. The molecule has 2 saturated heterocycles. The predicted octanol–water partition coefficient (Wildman–Crippen LogP) is 2.22. The van der Waals surface area contributed by atoms with Gasteiger partial charge < -0.3 is 10.2 Å². The Morgan fingerprint density at radius 3 is 2.76 bits per heavy atom. The van der Waals surface area contributed by atoms with Crippen LogP contribution in [0.15, 0.2) is 22.7 Å². The number of hydrogen-bond acceptors (Lipinski definition) is 3. The normalized spacial score (nSPS) is 23.5. The molecule has 2 fully saturated rings. The topological polar surface area (TPSA) is 35.6 Å². The monoisotopic (exact) mass is 371 g/mol. The van der Waals surface area contributed by atoms with Gasteiger partial charge in [0, 0.05) is 55.3 Å². The summed E-state index contributed by atoms with van der Waals surface area (Å²) in [5, 5.41) is 4.00. The van der Waals surface area contributed by atoms with Crippen molar-refractivity contribution in [1.82, 2.24) is 15.1 Å². The molecule has 0 bridgehead atoms. The van der Waals surface area contributed by atoms with E-state index in [-0.39, 0.29) is 5.91 Å². The third-order valence-electron chi connectivity index (χ3n) is 4.29. The summed E-state index contributed by atoms with van der Waals surface area (Å²) < 4.78 is 0.771. The summed E-state index contributed by atoms with van der Waals surface area (Å²) in [7, 11) is 0. The Hall–Kier alpha value is -0.620. The molecule has 0 spiro atoms. The fourth-order valence-electron chi connectivity index (χ4n) is 3.08. The van der Waals surface area contributed by atoms with E-state index in [4.69, 9.17) is 11.6 Å². The fraction of sp³-hybridized carbons (Fsp3) is 0.533. The van der Waals surface area contributed by atoms with Crippen molar-refractivity contribution in [1.29, 1.82) is 0 Å². The number of carbonyl (C=O) groups excluding carboxylic acids is 1. The van der Waals surface area contributed by atoms with Crippen LogP contribution in [0.4, 0.5) is 0 Å². The van der Waals surface area contributed by atoms with Gasteiger partial charge in [-0.05, 0) is 40.5 Å². The van der Waals surface area contributed by atoms with Crippen molar-refractivity contribution in [2.75, 3.05) is 39.3 Å². The van der Waals surface area contributed by atoms with Gasteiger partial charge in [-0.2, -0.15) is 0 Å². The zero-order chi connectivity index (χ0) is 14.8. The SMILES string of the molecule is O=C(c1ccc(Cl)c(Br)c1)N1CCC(N2CCNCC2)C1. The Kier molecular flexibility index (Phi) is 4.84. The lowest BCUT2D eigenvalue weighted by Crippen LogP contribution is -2.49. The third-order valence-corrected chi connectivity index (χ3v) is 5.50. The van der Waals surface area contributed by atoms with Crippen molar-refractivity contribution in [2.45, 2.75) is 12.5 Å². The molecule has 0 aliphatic carbocycles. The molecular weight excluding hydrogens is 354 g/mol. The summed E-state index contributed by atoms with van der Waals surface area (Å²) in [6.45, 7) is 5.94. The van der Waals surface area contributed by atoms with E-state index in [0.29, 0.717) is 16.6 Å². The first-order chi connectivity index (χ1) is 10.1. The Balaban J connectivity index is 1.64. The van der Waals surface area contributed by atoms with Crippen molar-refractivity contribution in [3.8, 4) is 0 Å². The van der Waals surface area contributed by atoms with Gasteiger partial charge in [0.25, 0.3) is 5.91 Å². The Morgan fingerprint density at radius 2 is 2.05 bits per heavy atom. The molecule has 1 N–H and O–H groups in total. The number of nitrogens with one attached hydrogen (secondary N) is 1. The first-order valence-electron chi connectivity index (χ1n) is 7.34. The van der Waals surface area contributed by atoms with Crippen LogP contribution in [0.1, 0.15) is 16.8 Å². The van der Waals surface area contributed by atoms with Crippen LogP contribution >= 0.6 is 27.5 Å². The zero-order valence-corrected chi connectivity index (χ0v) is 14.2. The molecule has 1 aromatic rings. The molecule has 0 radical (unpaired) electrons. The fourth-order valence-corrected chi connectivity index (χ4v) is 3.58. The number of benzene rings is 1. The molecule has 1 atom stereocenters. The number of nitrogens with zero attached hydrogens (tertiary/aromatic N) is 2. The molecular formula is C15H19BrClN3O.